The molecule has 0 saturated heterocycles. The highest BCUT2D eigenvalue weighted by atomic mass is 35.5. The second-order valence-electron chi connectivity index (χ2n) is 4.87. The van der Waals surface area contributed by atoms with Crippen LogP contribution in [0.15, 0.2) is 42.5 Å². The predicted molar refractivity (Wildman–Crippen MR) is 90.0 cm³/mol. The van der Waals surface area contributed by atoms with Gasteiger partial charge in [0, 0.05) is 18.7 Å². The van der Waals surface area contributed by atoms with Gasteiger partial charge < -0.3 is 15.4 Å². The summed E-state index contributed by atoms with van der Waals surface area (Å²) in [6.45, 7) is 0.703. The largest absolute Gasteiger partial charge is 0.383 e. The normalized spacial score (nSPS) is 10.3. The molecule has 24 heavy (non-hydrogen) atoms. The number of ether oxygens (including phenoxy) is 1. The van der Waals surface area contributed by atoms with E-state index < -0.39 is 11.7 Å². The molecule has 7 heteroatoms. The van der Waals surface area contributed by atoms with Crippen LogP contribution >= 0.6 is 11.6 Å². The molecule has 0 unspecified atom stereocenters. The number of carbonyl (C=O) groups is 2. The molecule has 2 aromatic carbocycles. The van der Waals surface area contributed by atoms with Crippen molar-refractivity contribution >= 4 is 29.1 Å². The van der Waals surface area contributed by atoms with Crippen LogP contribution in [0, 0.1) is 5.82 Å². The molecule has 0 fully saturated rings. The van der Waals surface area contributed by atoms with Gasteiger partial charge in [-0.2, -0.15) is 0 Å². The summed E-state index contributed by atoms with van der Waals surface area (Å²) in [6.07, 6.45) is 0. The highest BCUT2D eigenvalue weighted by molar-refractivity contribution is 6.31. The summed E-state index contributed by atoms with van der Waals surface area (Å²) in [7, 11) is 1.53. The zero-order valence-corrected chi connectivity index (χ0v) is 13.7. The Morgan fingerprint density at radius 3 is 2.62 bits per heavy atom. The lowest BCUT2D eigenvalue weighted by molar-refractivity contribution is 0.0938. The van der Waals surface area contributed by atoms with Crippen LogP contribution in [0.5, 0.6) is 0 Å². The smallest absolute Gasteiger partial charge is 0.258 e. The molecular formula is C17H16ClFN2O3. The Labute approximate surface area is 143 Å². The molecule has 0 aliphatic carbocycles. The van der Waals surface area contributed by atoms with Gasteiger partial charge in [0.2, 0.25) is 0 Å². The van der Waals surface area contributed by atoms with Crippen molar-refractivity contribution in [2.75, 3.05) is 25.6 Å². The van der Waals surface area contributed by atoms with Gasteiger partial charge >= 0.3 is 0 Å². The van der Waals surface area contributed by atoms with Crippen molar-refractivity contribution in [2.24, 2.45) is 0 Å². The van der Waals surface area contributed by atoms with E-state index in [1.165, 1.54) is 19.2 Å². The number of methoxy groups -OCH3 is 1. The first-order valence-corrected chi connectivity index (χ1v) is 7.53. The van der Waals surface area contributed by atoms with Gasteiger partial charge in [-0.3, -0.25) is 9.59 Å². The second-order valence-corrected chi connectivity index (χ2v) is 5.31. The lowest BCUT2D eigenvalue weighted by Crippen LogP contribution is -2.28. The van der Waals surface area contributed by atoms with E-state index in [4.69, 9.17) is 16.3 Å². The van der Waals surface area contributed by atoms with E-state index in [0.29, 0.717) is 13.2 Å². The van der Waals surface area contributed by atoms with Crippen LogP contribution in [-0.4, -0.2) is 32.1 Å². The zero-order chi connectivity index (χ0) is 17.5. The molecule has 0 atom stereocenters. The average molecular weight is 351 g/mol. The van der Waals surface area contributed by atoms with Crippen LogP contribution in [0.1, 0.15) is 20.7 Å². The highest BCUT2D eigenvalue weighted by Gasteiger charge is 2.16. The Bertz CT molecular complexity index is 752. The maximum atomic E-state index is 13.8. The van der Waals surface area contributed by atoms with E-state index in [-0.39, 0.29) is 27.7 Å². The van der Waals surface area contributed by atoms with Crippen molar-refractivity contribution in [3.63, 3.8) is 0 Å². The minimum atomic E-state index is -0.695. The number of anilines is 1. The molecule has 0 aliphatic heterocycles. The Balaban J connectivity index is 2.19. The van der Waals surface area contributed by atoms with Crippen LogP contribution in [-0.2, 0) is 4.74 Å². The van der Waals surface area contributed by atoms with Crippen LogP contribution in [0.4, 0.5) is 10.1 Å². The lowest BCUT2D eigenvalue weighted by Gasteiger charge is -2.12. The Morgan fingerprint density at radius 2 is 1.88 bits per heavy atom. The van der Waals surface area contributed by atoms with E-state index >= 15 is 0 Å². The quantitative estimate of drug-likeness (QED) is 0.787. The minimum absolute atomic E-state index is 0.197. The van der Waals surface area contributed by atoms with Gasteiger partial charge in [0.15, 0.2) is 0 Å². The molecule has 0 aliphatic rings. The van der Waals surface area contributed by atoms with Crippen LogP contribution in [0.2, 0.25) is 5.02 Å². The lowest BCUT2D eigenvalue weighted by atomic mass is 10.1. The molecular weight excluding hydrogens is 335 g/mol. The van der Waals surface area contributed by atoms with Gasteiger partial charge in [0.05, 0.1) is 23.4 Å². The summed E-state index contributed by atoms with van der Waals surface area (Å²) in [5.74, 6) is -1.75. The molecule has 0 radical (unpaired) electrons. The van der Waals surface area contributed by atoms with Crippen molar-refractivity contribution in [1.29, 1.82) is 0 Å². The van der Waals surface area contributed by atoms with Crippen LogP contribution < -0.4 is 10.6 Å². The Morgan fingerprint density at radius 1 is 1.12 bits per heavy atom. The average Bonchev–Trinajstić information content (AvgIpc) is 2.57. The van der Waals surface area contributed by atoms with E-state index in [9.17, 15) is 14.0 Å². The second kappa shape index (κ2) is 8.42. The van der Waals surface area contributed by atoms with Gasteiger partial charge in [-0.25, -0.2) is 4.39 Å². The first-order chi connectivity index (χ1) is 11.5. The third-order valence-corrected chi connectivity index (χ3v) is 3.42. The molecule has 0 saturated carbocycles. The molecule has 2 rings (SSSR count). The third-order valence-electron chi connectivity index (χ3n) is 3.18. The van der Waals surface area contributed by atoms with E-state index in [0.717, 1.165) is 6.07 Å². The molecule has 2 amide bonds. The fourth-order valence-electron chi connectivity index (χ4n) is 2.01. The minimum Gasteiger partial charge on any atom is -0.383 e. The van der Waals surface area contributed by atoms with Crippen LogP contribution in [0.3, 0.4) is 0 Å². The van der Waals surface area contributed by atoms with Crippen molar-refractivity contribution in [2.45, 2.75) is 0 Å². The van der Waals surface area contributed by atoms with Crippen molar-refractivity contribution in [3.05, 3.63) is 64.4 Å². The number of nitrogens with one attached hydrogen (secondary N) is 2. The SMILES string of the molecule is COCCNC(=O)c1ccccc1NC(=O)c1cc(Cl)ccc1F. The summed E-state index contributed by atoms with van der Waals surface area (Å²) in [5.41, 5.74) is 0.346. The number of carbonyl (C=O) groups excluding carboxylic acids is 2. The first-order valence-electron chi connectivity index (χ1n) is 7.15. The van der Waals surface area contributed by atoms with Crippen LogP contribution in [0.25, 0.3) is 0 Å². The molecule has 5 nitrogen and oxygen atoms in total. The first kappa shape index (κ1) is 17.9. The van der Waals surface area contributed by atoms with Gasteiger partial charge in [-0.05, 0) is 30.3 Å². The fourth-order valence-corrected chi connectivity index (χ4v) is 2.19. The summed E-state index contributed by atoms with van der Waals surface area (Å²) < 4.78 is 18.6. The fraction of sp³-hybridized carbons (Fsp3) is 0.176. The molecule has 126 valence electrons. The summed E-state index contributed by atoms with van der Waals surface area (Å²) >= 11 is 5.79. The monoisotopic (exact) mass is 350 g/mol. The number of amides is 2. The maximum Gasteiger partial charge on any atom is 0.258 e. The topological polar surface area (TPSA) is 67.4 Å². The number of hydrogen-bond donors (Lipinski definition) is 2. The highest BCUT2D eigenvalue weighted by Crippen LogP contribution is 2.19. The molecule has 2 N–H and O–H groups in total. The number of para-hydroxylation sites is 1. The summed E-state index contributed by atoms with van der Waals surface area (Å²) in [6, 6.07) is 10.1. The maximum absolute atomic E-state index is 13.8. The summed E-state index contributed by atoms with van der Waals surface area (Å²) in [5, 5.41) is 5.44. The molecule has 0 bridgehead atoms. The number of rotatable bonds is 6. The van der Waals surface area contributed by atoms with Gasteiger partial charge in [-0.1, -0.05) is 23.7 Å². The van der Waals surface area contributed by atoms with E-state index in [1.54, 1.807) is 24.3 Å². The van der Waals surface area contributed by atoms with Crippen molar-refractivity contribution in [3.8, 4) is 0 Å². The van der Waals surface area contributed by atoms with E-state index in [1.807, 2.05) is 0 Å². The Kier molecular flexibility index (Phi) is 6.28. The number of halogens is 2. The molecule has 0 spiro atoms. The van der Waals surface area contributed by atoms with Crippen molar-refractivity contribution < 1.29 is 18.7 Å². The summed E-state index contributed by atoms with van der Waals surface area (Å²) in [4.78, 5) is 24.4. The van der Waals surface area contributed by atoms with Gasteiger partial charge in [0.25, 0.3) is 11.8 Å². The Hall–Kier alpha value is -2.44. The molecule has 0 aromatic heterocycles. The molecule has 0 heterocycles. The molecule has 2 aromatic rings. The number of benzene rings is 2. The zero-order valence-electron chi connectivity index (χ0n) is 12.9. The predicted octanol–water partition coefficient (Wildman–Crippen LogP) is 3.11. The van der Waals surface area contributed by atoms with Crippen molar-refractivity contribution in [1.82, 2.24) is 5.32 Å². The van der Waals surface area contributed by atoms with E-state index in [2.05, 4.69) is 10.6 Å². The standard InChI is InChI=1S/C17H16ClFN2O3/c1-24-9-8-20-16(22)12-4-2-3-5-15(12)21-17(23)13-10-11(18)6-7-14(13)19/h2-7,10H,8-9H2,1H3,(H,20,22)(H,21,23). The third kappa shape index (κ3) is 4.53. The number of hydrogen-bond acceptors (Lipinski definition) is 3. The van der Waals surface area contributed by atoms with Gasteiger partial charge in [0.1, 0.15) is 5.82 Å². The van der Waals surface area contributed by atoms with Gasteiger partial charge in [-0.15, -0.1) is 0 Å².